The zero-order valence-electron chi connectivity index (χ0n) is 16.9. The highest BCUT2D eigenvalue weighted by Crippen LogP contribution is 2.19. The van der Waals surface area contributed by atoms with Gasteiger partial charge in [-0.2, -0.15) is 0 Å². The summed E-state index contributed by atoms with van der Waals surface area (Å²) in [6.07, 6.45) is 5.97. The van der Waals surface area contributed by atoms with Crippen LogP contribution >= 0.6 is 0 Å². The van der Waals surface area contributed by atoms with E-state index >= 15 is 0 Å². The van der Waals surface area contributed by atoms with Gasteiger partial charge in [0.25, 0.3) is 0 Å². The second-order valence-electron chi connectivity index (χ2n) is 7.53. The molecule has 0 aliphatic carbocycles. The fraction of sp³-hybridized carbons (Fsp3) is 0.895. The molecule has 0 aromatic carbocycles. The van der Waals surface area contributed by atoms with Gasteiger partial charge in [0.2, 0.25) is 5.91 Å². The van der Waals surface area contributed by atoms with Crippen LogP contribution in [0.25, 0.3) is 0 Å². The van der Waals surface area contributed by atoms with Crippen LogP contribution in [0.1, 0.15) is 39.0 Å². The van der Waals surface area contributed by atoms with Crippen LogP contribution in [0.5, 0.6) is 0 Å². The second kappa shape index (κ2) is 11.4. The number of piperidine rings is 2. The number of likely N-dealkylation sites (N-methyl/N-ethyl adjacent to an activating group) is 1. The number of hydrogen-bond acceptors (Lipinski definition) is 4. The first-order valence-corrected chi connectivity index (χ1v) is 10.3. The summed E-state index contributed by atoms with van der Waals surface area (Å²) in [6, 6.07) is 0.440. The largest absolute Gasteiger partial charge is 0.358 e. The van der Waals surface area contributed by atoms with Crippen LogP contribution in [0.4, 0.5) is 0 Å². The smallest absolute Gasteiger partial charge is 0.233 e. The summed E-state index contributed by atoms with van der Waals surface area (Å²) in [4.78, 5) is 20.6. The normalized spacial score (nSPS) is 21.6. The van der Waals surface area contributed by atoms with Crippen LogP contribution in [0, 0.1) is 5.92 Å². The van der Waals surface area contributed by atoms with Crippen LogP contribution in [-0.2, 0) is 4.79 Å². The second-order valence-corrected chi connectivity index (χ2v) is 7.53. The third-order valence-corrected chi connectivity index (χ3v) is 5.80. The Morgan fingerprint density at radius 3 is 2.31 bits per heavy atom. The summed E-state index contributed by atoms with van der Waals surface area (Å²) in [5.41, 5.74) is 0. The maximum Gasteiger partial charge on any atom is 0.233 e. The van der Waals surface area contributed by atoms with Crippen LogP contribution in [0.2, 0.25) is 0 Å². The van der Waals surface area contributed by atoms with Crippen LogP contribution in [0.15, 0.2) is 4.99 Å². The maximum absolute atomic E-state index is 11.5. The Balaban J connectivity index is 1.60. The number of guanidine groups is 1. The van der Waals surface area contributed by atoms with E-state index in [1.165, 1.54) is 38.9 Å². The van der Waals surface area contributed by atoms with E-state index in [9.17, 15) is 4.79 Å². The average molecular weight is 367 g/mol. The molecule has 2 fully saturated rings. The molecular weight excluding hydrogens is 328 g/mol. The highest BCUT2D eigenvalue weighted by atomic mass is 16.1. The molecule has 0 spiro atoms. The van der Waals surface area contributed by atoms with Crippen LogP contribution < -0.4 is 16.0 Å². The number of nitrogens with one attached hydrogen (secondary N) is 3. The number of nitrogens with zero attached hydrogens (tertiary/aromatic N) is 3. The molecule has 0 aromatic rings. The average Bonchev–Trinajstić information content (AvgIpc) is 2.69. The Labute approximate surface area is 159 Å². The Bertz CT molecular complexity index is 439. The zero-order valence-corrected chi connectivity index (χ0v) is 16.9. The van der Waals surface area contributed by atoms with Crippen molar-refractivity contribution in [3.05, 3.63) is 0 Å². The molecule has 0 aromatic heterocycles. The lowest BCUT2D eigenvalue weighted by Gasteiger charge is -2.33. The van der Waals surface area contributed by atoms with Crippen molar-refractivity contribution in [3.8, 4) is 0 Å². The van der Waals surface area contributed by atoms with Gasteiger partial charge in [-0.1, -0.05) is 6.92 Å². The lowest BCUT2D eigenvalue weighted by Crippen LogP contribution is -2.50. The Morgan fingerprint density at radius 2 is 1.73 bits per heavy atom. The van der Waals surface area contributed by atoms with E-state index in [0.29, 0.717) is 12.6 Å². The van der Waals surface area contributed by atoms with Crippen molar-refractivity contribution in [2.45, 2.75) is 45.1 Å². The van der Waals surface area contributed by atoms with Crippen molar-refractivity contribution in [3.63, 3.8) is 0 Å². The predicted octanol–water partition coefficient (Wildman–Crippen LogP) is 0.484. The number of carbonyl (C=O) groups is 1. The van der Waals surface area contributed by atoms with Gasteiger partial charge in [-0.25, -0.2) is 0 Å². The lowest BCUT2D eigenvalue weighted by molar-refractivity contribution is -0.122. The topological polar surface area (TPSA) is 72.0 Å². The highest BCUT2D eigenvalue weighted by molar-refractivity contribution is 5.80. The molecule has 0 radical (unpaired) electrons. The van der Waals surface area contributed by atoms with Crippen LogP contribution in [0.3, 0.4) is 0 Å². The summed E-state index contributed by atoms with van der Waals surface area (Å²) in [7, 11) is 3.54. The van der Waals surface area contributed by atoms with Gasteiger partial charge >= 0.3 is 0 Å². The fourth-order valence-corrected chi connectivity index (χ4v) is 3.89. The SMILES string of the molecule is CCN1CCC(CCNC(=NC)NC2CCN(CC(=O)NC)CC2)CC1. The number of likely N-dealkylation sites (tertiary alicyclic amines) is 2. The molecule has 150 valence electrons. The number of carbonyl (C=O) groups excluding carboxylic acids is 1. The molecule has 0 bridgehead atoms. The van der Waals surface area contributed by atoms with Crippen molar-refractivity contribution < 1.29 is 4.79 Å². The van der Waals surface area contributed by atoms with Crippen LogP contribution in [-0.4, -0.2) is 87.6 Å². The van der Waals surface area contributed by atoms with Gasteiger partial charge in [0.1, 0.15) is 0 Å². The first-order valence-electron chi connectivity index (χ1n) is 10.3. The molecule has 0 saturated carbocycles. The molecule has 26 heavy (non-hydrogen) atoms. The molecule has 3 N–H and O–H groups in total. The molecule has 2 saturated heterocycles. The monoisotopic (exact) mass is 366 g/mol. The Hall–Kier alpha value is -1.34. The Kier molecular flexibility index (Phi) is 9.18. The molecular formula is C19H38N6O. The van der Waals surface area contributed by atoms with Crippen molar-refractivity contribution in [2.24, 2.45) is 10.9 Å². The van der Waals surface area contributed by atoms with Gasteiger partial charge < -0.3 is 20.9 Å². The third-order valence-electron chi connectivity index (χ3n) is 5.80. The van der Waals surface area contributed by atoms with Crippen molar-refractivity contribution in [1.82, 2.24) is 25.8 Å². The molecule has 7 nitrogen and oxygen atoms in total. The minimum atomic E-state index is 0.0960. The number of amides is 1. The van der Waals surface area contributed by atoms with E-state index in [4.69, 9.17) is 0 Å². The summed E-state index contributed by atoms with van der Waals surface area (Å²) >= 11 is 0. The van der Waals surface area contributed by atoms with E-state index in [1.807, 2.05) is 7.05 Å². The molecule has 1 amide bonds. The van der Waals surface area contributed by atoms with E-state index < -0.39 is 0 Å². The molecule has 2 aliphatic heterocycles. The van der Waals surface area contributed by atoms with E-state index in [1.54, 1.807) is 7.05 Å². The number of rotatable bonds is 7. The molecule has 2 heterocycles. The lowest BCUT2D eigenvalue weighted by atomic mass is 9.93. The molecule has 7 heteroatoms. The van der Waals surface area contributed by atoms with Gasteiger partial charge in [0.15, 0.2) is 5.96 Å². The van der Waals surface area contributed by atoms with Crippen molar-refractivity contribution in [2.75, 3.05) is 59.9 Å². The predicted molar refractivity (Wildman–Crippen MR) is 107 cm³/mol. The van der Waals surface area contributed by atoms with Gasteiger partial charge in [-0.3, -0.25) is 14.7 Å². The third kappa shape index (κ3) is 7.11. The zero-order chi connectivity index (χ0) is 18.8. The minimum absolute atomic E-state index is 0.0960. The molecule has 2 rings (SSSR count). The van der Waals surface area contributed by atoms with Crippen molar-refractivity contribution >= 4 is 11.9 Å². The van der Waals surface area contributed by atoms with Gasteiger partial charge in [-0.05, 0) is 57.7 Å². The van der Waals surface area contributed by atoms with Gasteiger partial charge in [0.05, 0.1) is 6.54 Å². The standard InChI is InChI=1S/C19H38N6O/c1-4-24-11-6-16(7-12-24)5-10-22-19(21-3)23-17-8-13-25(14-9-17)15-18(26)20-2/h16-17H,4-15H2,1-3H3,(H,20,26)(H2,21,22,23). The minimum Gasteiger partial charge on any atom is -0.358 e. The summed E-state index contributed by atoms with van der Waals surface area (Å²) in [5.74, 6) is 1.86. The summed E-state index contributed by atoms with van der Waals surface area (Å²) < 4.78 is 0. The first kappa shape index (κ1) is 21.0. The maximum atomic E-state index is 11.5. The summed E-state index contributed by atoms with van der Waals surface area (Å²) in [5, 5.41) is 9.73. The van der Waals surface area contributed by atoms with E-state index in [2.05, 4.69) is 37.7 Å². The molecule has 0 atom stereocenters. The van der Waals surface area contributed by atoms with Crippen molar-refractivity contribution in [1.29, 1.82) is 0 Å². The van der Waals surface area contributed by atoms with Gasteiger partial charge in [-0.15, -0.1) is 0 Å². The number of hydrogen-bond donors (Lipinski definition) is 3. The highest BCUT2D eigenvalue weighted by Gasteiger charge is 2.21. The quantitative estimate of drug-likeness (QED) is 0.452. The summed E-state index contributed by atoms with van der Waals surface area (Å²) in [6.45, 7) is 9.35. The Morgan fingerprint density at radius 1 is 1.08 bits per heavy atom. The molecule has 0 unspecified atom stereocenters. The van der Waals surface area contributed by atoms with E-state index in [-0.39, 0.29) is 5.91 Å². The van der Waals surface area contributed by atoms with E-state index in [0.717, 1.165) is 44.4 Å². The number of aliphatic imine (C=N–C) groups is 1. The van der Waals surface area contributed by atoms with Gasteiger partial charge in [0, 0.05) is 39.8 Å². The first-order chi connectivity index (χ1) is 12.6. The fourth-order valence-electron chi connectivity index (χ4n) is 3.89. The molecule has 2 aliphatic rings.